The molecule has 0 aliphatic carbocycles. The molecule has 1 aliphatic heterocycles. The number of thioether (sulfide) groups is 1. The fraction of sp³-hybridized carbons (Fsp3) is 0.800. The summed E-state index contributed by atoms with van der Waals surface area (Å²) in [5.41, 5.74) is -1.02. The molecule has 0 bridgehead atoms. The Bertz CT molecular complexity index is 259. The van der Waals surface area contributed by atoms with E-state index in [-0.39, 0.29) is 11.8 Å². The van der Waals surface area contributed by atoms with Gasteiger partial charge in [0.1, 0.15) is 5.54 Å². The number of carbonyl (C=O) groups is 2. The highest BCUT2D eigenvalue weighted by molar-refractivity contribution is 7.99. The first-order chi connectivity index (χ1) is 6.98. The normalized spacial score (nSPS) is 19.9. The van der Waals surface area contributed by atoms with Crippen LogP contribution in [0.2, 0.25) is 0 Å². The molecule has 1 saturated heterocycles. The topological polar surface area (TPSA) is 66.4 Å². The summed E-state index contributed by atoms with van der Waals surface area (Å²) in [6, 6.07) is 0. The highest BCUT2D eigenvalue weighted by Gasteiger charge is 2.41. The van der Waals surface area contributed by atoms with Gasteiger partial charge in [-0.15, -0.1) is 0 Å². The zero-order valence-electron chi connectivity index (χ0n) is 9.08. The summed E-state index contributed by atoms with van der Waals surface area (Å²) in [5, 5.41) is 11.9. The van der Waals surface area contributed by atoms with Crippen LogP contribution in [0.15, 0.2) is 0 Å². The number of carbonyl (C=O) groups excluding carboxylic acids is 1. The first-order valence-corrected chi connectivity index (χ1v) is 6.26. The van der Waals surface area contributed by atoms with Gasteiger partial charge in [0.2, 0.25) is 5.91 Å². The number of nitrogens with one attached hydrogen (secondary N) is 1. The Morgan fingerprint density at radius 2 is 1.87 bits per heavy atom. The van der Waals surface area contributed by atoms with Crippen molar-refractivity contribution in [3.05, 3.63) is 0 Å². The van der Waals surface area contributed by atoms with Gasteiger partial charge >= 0.3 is 5.97 Å². The predicted molar refractivity (Wildman–Crippen MR) is 59.9 cm³/mol. The van der Waals surface area contributed by atoms with E-state index in [9.17, 15) is 14.7 Å². The Labute approximate surface area is 93.8 Å². The lowest BCUT2D eigenvalue weighted by Crippen LogP contribution is -2.57. The maximum atomic E-state index is 11.5. The molecule has 1 heterocycles. The molecule has 0 unspecified atom stereocenters. The van der Waals surface area contributed by atoms with Gasteiger partial charge in [-0.2, -0.15) is 11.8 Å². The van der Waals surface area contributed by atoms with Crippen LogP contribution < -0.4 is 5.32 Å². The van der Waals surface area contributed by atoms with Crippen molar-refractivity contribution in [2.45, 2.75) is 32.2 Å². The van der Waals surface area contributed by atoms with Crippen LogP contribution in [-0.2, 0) is 9.59 Å². The second-order valence-corrected chi connectivity index (χ2v) is 5.37. The van der Waals surface area contributed by atoms with Gasteiger partial charge in [0.05, 0.1) is 0 Å². The van der Waals surface area contributed by atoms with Gasteiger partial charge in [-0.25, -0.2) is 4.79 Å². The zero-order valence-corrected chi connectivity index (χ0v) is 9.89. The highest BCUT2D eigenvalue weighted by atomic mass is 32.2. The lowest BCUT2D eigenvalue weighted by molar-refractivity contribution is -0.148. The fourth-order valence-corrected chi connectivity index (χ4v) is 2.68. The number of hydrogen-bond acceptors (Lipinski definition) is 3. The molecule has 1 fully saturated rings. The van der Waals surface area contributed by atoms with Crippen LogP contribution in [0, 0.1) is 5.92 Å². The minimum atomic E-state index is -1.02. The van der Waals surface area contributed by atoms with Crippen LogP contribution in [0.4, 0.5) is 0 Å². The van der Waals surface area contributed by atoms with Gasteiger partial charge < -0.3 is 10.4 Å². The Hall–Kier alpha value is -0.710. The zero-order chi connectivity index (χ0) is 11.5. The van der Waals surface area contributed by atoms with E-state index < -0.39 is 11.5 Å². The average Bonchev–Trinajstić information content (AvgIpc) is 2.18. The third-order valence-electron chi connectivity index (χ3n) is 2.64. The van der Waals surface area contributed by atoms with Crippen LogP contribution in [0.25, 0.3) is 0 Å². The highest BCUT2D eigenvalue weighted by Crippen LogP contribution is 2.27. The maximum Gasteiger partial charge on any atom is 0.329 e. The first kappa shape index (κ1) is 12.4. The van der Waals surface area contributed by atoms with Crippen molar-refractivity contribution in [1.29, 1.82) is 0 Å². The summed E-state index contributed by atoms with van der Waals surface area (Å²) >= 11 is 1.74. The molecule has 5 heteroatoms. The predicted octanol–water partition coefficient (Wildman–Crippen LogP) is 1.11. The molecule has 2 N–H and O–H groups in total. The molecule has 0 spiro atoms. The molecule has 0 aromatic heterocycles. The van der Waals surface area contributed by atoms with Crippen molar-refractivity contribution in [2.75, 3.05) is 11.5 Å². The van der Waals surface area contributed by atoms with Gasteiger partial charge in [0.25, 0.3) is 0 Å². The van der Waals surface area contributed by atoms with E-state index in [1.807, 2.05) is 0 Å². The molecule has 1 amide bonds. The number of amides is 1. The number of carboxylic acids is 1. The minimum Gasteiger partial charge on any atom is -0.480 e. The minimum absolute atomic E-state index is 0.171. The van der Waals surface area contributed by atoms with Crippen LogP contribution in [0.5, 0.6) is 0 Å². The average molecular weight is 231 g/mol. The fourth-order valence-electron chi connectivity index (χ4n) is 1.49. The van der Waals surface area contributed by atoms with E-state index in [4.69, 9.17) is 0 Å². The van der Waals surface area contributed by atoms with Crippen molar-refractivity contribution < 1.29 is 14.7 Å². The lowest BCUT2D eigenvalue weighted by Gasteiger charge is -2.34. The van der Waals surface area contributed by atoms with Crippen LogP contribution in [0.3, 0.4) is 0 Å². The van der Waals surface area contributed by atoms with Crippen molar-refractivity contribution in [3.8, 4) is 0 Å². The second-order valence-electron chi connectivity index (χ2n) is 4.14. The maximum absolute atomic E-state index is 11.5. The third-order valence-corrected chi connectivity index (χ3v) is 3.63. The molecule has 0 radical (unpaired) electrons. The Morgan fingerprint density at radius 1 is 1.33 bits per heavy atom. The molecule has 1 aliphatic rings. The van der Waals surface area contributed by atoms with Gasteiger partial charge in [-0.05, 0) is 24.3 Å². The summed E-state index contributed by atoms with van der Waals surface area (Å²) in [5.74, 6) is 0.340. The molecule has 0 aromatic rings. The lowest BCUT2D eigenvalue weighted by atomic mass is 9.91. The number of hydrogen-bond donors (Lipinski definition) is 2. The van der Waals surface area contributed by atoms with Gasteiger partial charge in [-0.3, -0.25) is 4.79 Å². The summed E-state index contributed by atoms with van der Waals surface area (Å²) < 4.78 is 0. The number of aliphatic carboxylic acids is 1. The van der Waals surface area contributed by atoms with Gasteiger partial charge in [-0.1, -0.05) is 13.8 Å². The van der Waals surface area contributed by atoms with Crippen LogP contribution in [0.1, 0.15) is 26.7 Å². The summed E-state index contributed by atoms with van der Waals surface area (Å²) in [6.07, 6.45) is 1.04. The summed E-state index contributed by atoms with van der Waals surface area (Å²) in [7, 11) is 0. The quantitative estimate of drug-likeness (QED) is 0.763. The summed E-state index contributed by atoms with van der Waals surface area (Å²) in [4.78, 5) is 22.7. The second kappa shape index (κ2) is 4.88. The van der Waals surface area contributed by atoms with Gasteiger partial charge in [0, 0.05) is 5.92 Å². The molecule has 0 saturated carbocycles. The van der Waals surface area contributed by atoms with Crippen LogP contribution >= 0.6 is 11.8 Å². The number of carboxylic acid groups (broad SMARTS) is 1. The molecule has 0 atom stereocenters. The van der Waals surface area contributed by atoms with E-state index in [2.05, 4.69) is 5.32 Å². The van der Waals surface area contributed by atoms with E-state index in [0.717, 1.165) is 11.5 Å². The van der Waals surface area contributed by atoms with E-state index in [1.54, 1.807) is 25.6 Å². The standard InChI is InChI=1S/C10H17NO3S/c1-7(2)8(12)11-10(9(13)14)3-5-15-6-4-10/h7H,3-6H2,1-2H3,(H,11,12)(H,13,14). The van der Waals surface area contributed by atoms with Crippen molar-refractivity contribution in [3.63, 3.8) is 0 Å². The first-order valence-electron chi connectivity index (χ1n) is 5.11. The monoisotopic (exact) mass is 231 g/mol. The SMILES string of the molecule is CC(C)C(=O)NC1(C(=O)O)CCSCC1. The van der Waals surface area contributed by atoms with E-state index >= 15 is 0 Å². The third kappa shape index (κ3) is 2.87. The Kier molecular flexibility index (Phi) is 4.02. The number of rotatable bonds is 3. The molecule has 1 rings (SSSR count). The van der Waals surface area contributed by atoms with Crippen molar-refractivity contribution >= 4 is 23.6 Å². The van der Waals surface area contributed by atoms with E-state index in [1.165, 1.54) is 0 Å². The van der Waals surface area contributed by atoms with Crippen molar-refractivity contribution in [1.82, 2.24) is 5.32 Å². The van der Waals surface area contributed by atoms with Crippen LogP contribution in [-0.4, -0.2) is 34.0 Å². The molecular weight excluding hydrogens is 214 g/mol. The van der Waals surface area contributed by atoms with Gasteiger partial charge in [0.15, 0.2) is 0 Å². The largest absolute Gasteiger partial charge is 0.480 e. The molecule has 15 heavy (non-hydrogen) atoms. The molecule has 86 valence electrons. The molecule has 4 nitrogen and oxygen atoms in total. The summed E-state index contributed by atoms with van der Waals surface area (Å²) in [6.45, 7) is 3.53. The smallest absolute Gasteiger partial charge is 0.329 e. The van der Waals surface area contributed by atoms with Crippen molar-refractivity contribution in [2.24, 2.45) is 5.92 Å². The Morgan fingerprint density at radius 3 is 2.27 bits per heavy atom. The molecule has 0 aromatic carbocycles. The van der Waals surface area contributed by atoms with E-state index in [0.29, 0.717) is 12.8 Å². The molecular formula is C10H17NO3S. The Balaban J connectivity index is 2.73.